The third-order valence-corrected chi connectivity index (χ3v) is 4.93. The number of carbonyl (C=O) groups is 2. The molecule has 1 atom stereocenters. The number of rotatable bonds is 5. The van der Waals surface area contributed by atoms with Crippen molar-refractivity contribution in [3.8, 4) is 0 Å². The highest BCUT2D eigenvalue weighted by atomic mass is 16.2. The van der Waals surface area contributed by atoms with E-state index in [0.717, 1.165) is 32.7 Å². The molecule has 2 saturated heterocycles. The summed E-state index contributed by atoms with van der Waals surface area (Å²) in [5.41, 5.74) is 1.28. The molecule has 1 aromatic carbocycles. The molecule has 24 heavy (non-hydrogen) atoms. The molecule has 0 unspecified atom stereocenters. The van der Waals surface area contributed by atoms with Crippen molar-refractivity contribution in [1.29, 1.82) is 0 Å². The first-order valence-corrected chi connectivity index (χ1v) is 8.67. The van der Waals surface area contributed by atoms with Crippen LogP contribution in [0.2, 0.25) is 0 Å². The van der Waals surface area contributed by atoms with Crippen molar-refractivity contribution < 1.29 is 9.59 Å². The highest BCUT2D eigenvalue weighted by Gasteiger charge is 2.31. The molecule has 2 fully saturated rings. The standard InChI is InChI=1S/C18H26N4O2/c1-20-14-15(13-17(20)23)18(24)19-7-8-21-9-11-22(12-10-21)16-5-3-2-4-6-16/h2-6,15H,7-14H2,1H3,(H,19,24)/t15-/m1/s1. The van der Waals surface area contributed by atoms with E-state index >= 15 is 0 Å². The van der Waals surface area contributed by atoms with Crippen LogP contribution in [-0.4, -0.2) is 74.5 Å². The maximum Gasteiger partial charge on any atom is 0.225 e. The molecular weight excluding hydrogens is 304 g/mol. The van der Waals surface area contributed by atoms with Gasteiger partial charge >= 0.3 is 0 Å². The molecular formula is C18H26N4O2. The van der Waals surface area contributed by atoms with E-state index in [4.69, 9.17) is 0 Å². The monoisotopic (exact) mass is 330 g/mol. The molecule has 6 nitrogen and oxygen atoms in total. The summed E-state index contributed by atoms with van der Waals surface area (Å²) in [6.45, 7) is 6.11. The predicted molar refractivity (Wildman–Crippen MR) is 93.8 cm³/mol. The first kappa shape index (κ1) is 16.8. The largest absolute Gasteiger partial charge is 0.369 e. The molecule has 0 aromatic heterocycles. The number of para-hydroxylation sites is 1. The van der Waals surface area contributed by atoms with Gasteiger partial charge in [0.25, 0.3) is 0 Å². The Hall–Kier alpha value is -2.08. The number of anilines is 1. The van der Waals surface area contributed by atoms with Crippen LogP contribution in [0.3, 0.4) is 0 Å². The van der Waals surface area contributed by atoms with Crippen LogP contribution in [-0.2, 0) is 9.59 Å². The molecule has 0 bridgehead atoms. The fraction of sp³-hybridized carbons (Fsp3) is 0.556. The highest BCUT2D eigenvalue weighted by Crippen LogP contribution is 2.16. The van der Waals surface area contributed by atoms with Crippen LogP contribution in [0.5, 0.6) is 0 Å². The molecule has 1 N–H and O–H groups in total. The van der Waals surface area contributed by atoms with Crippen LogP contribution < -0.4 is 10.2 Å². The lowest BCUT2D eigenvalue weighted by molar-refractivity contribution is -0.128. The number of likely N-dealkylation sites (tertiary alicyclic amines) is 1. The lowest BCUT2D eigenvalue weighted by Gasteiger charge is -2.36. The van der Waals surface area contributed by atoms with E-state index in [0.29, 0.717) is 19.5 Å². The number of hydrogen-bond acceptors (Lipinski definition) is 4. The molecule has 0 saturated carbocycles. The van der Waals surface area contributed by atoms with E-state index in [-0.39, 0.29) is 17.7 Å². The zero-order chi connectivity index (χ0) is 16.9. The van der Waals surface area contributed by atoms with Gasteiger partial charge in [-0.2, -0.15) is 0 Å². The molecule has 0 aliphatic carbocycles. The van der Waals surface area contributed by atoms with Gasteiger partial charge < -0.3 is 15.1 Å². The predicted octanol–water partition coefficient (Wildman–Crippen LogP) is 0.403. The minimum absolute atomic E-state index is 0.00983. The Balaban J connectivity index is 1.35. The van der Waals surface area contributed by atoms with E-state index in [1.165, 1.54) is 5.69 Å². The number of hydrogen-bond donors (Lipinski definition) is 1. The van der Waals surface area contributed by atoms with Crippen molar-refractivity contribution in [2.75, 3.05) is 57.8 Å². The van der Waals surface area contributed by atoms with Crippen molar-refractivity contribution >= 4 is 17.5 Å². The van der Waals surface area contributed by atoms with Crippen LogP contribution >= 0.6 is 0 Å². The molecule has 2 aliphatic rings. The van der Waals surface area contributed by atoms with Crippen molar-refractivity contribution in [3.05, 3.63) is 30.3 Å². The number of nitrogens with one attached hydrogen (secondary N) is 1. The lowest BCUT2D eigenvalue weighted by Crippen LogP contribution is -2.48. The minimum atomic E-state index is -0.183. The first-order chi connectivity index (χ1) is 11.6. The van der Waals surface area contributed by atoms with Gasteiger partial charge in [0.1, 0.15) is 0 Å². The number of nitrogens with zero attached hydrogens (tertiary/aromatic N) is 3. The van der Waals surface area contributed by atoms with Gasteiger partial charge in [0, 0.05) is 65.0 Å². The zero-order valence-corrected chi connectivity index (χ0v) is 14.3. The average molecular weight is 330 g/mol. The fourth-order valence-corrected chi connectivity index (χ4v) is 3.39. The van der Waals surface area contributed by atoms with Gasteiger partial charge in [-0.05, 0) is 12.1 Å². The molecule has 2 aliphatic heterocycles. The van der Waals surface area contributed by atoms with Gasteiger partial charge in [-0.15, -0.1) is 0 Å². The van der Waals surface area contributed by atoms with E-state index in [1.54, 1.807) is 11.9 Å². The summed E-state index contributed by atoms with van der Waals surface area (Å²) in [7, 11) is 1.75. The lowest BCUT2D eigenvalue weighted by atomic mass is 10.1. The zero-order valence-electron chi connectivity index (χ0n) is 14.3. The van der Waals surface area contributed by atoms with Crippen LogP contribution in [0.4, 0.5) is 5.69 Å². The van der Waals surface area contributed by atoms with Gasteiger partial charge in [0.15, 0.2) is 0 Å². The first-order valence-electron chi connectivity index (χ1n) is 8.67. The molecule has 130 valence electrons. The third-order valence-electron chi connectivity index (χ3n) is 4.93. The molecule has 0 spiro atoms. The van der Waals surface area contributed by atoms with Gasteiger partial charge in [0.05, 0.1) is 5.92 Å². The fourth-order valence-electron chi connectivity index (χ4n) is 3.39. The number of carbonyl (C=O) groups excluding carboxylic acids is 2. The third kappa shape index (κ3) is 4.06. The Kier molecular flexibility index (Phi) is 5.35. The normalized spacial score (nSPS) is 22.0. The highest BCUT2D eigenvalue weighted by molar-refractivity contribution is 5.89. The second-order valence-corrected chi connectivity index (χ2v) is 6.63. The minimum Gasteiger partial charge on any atom is -0.369 e. The van der Waals surface area contributed by atoms with Gasteiger partial charge in [-0.25, -0.2) is 0 Å². The summed E-state index contributed by atoms with van der Waals surface area (Å²) >= 11 is 0. The summed E-state index contributed by atoms with van der Waals surface area (Å²) in [5.74, 6) is -0.111. The van der Waals surface area contributed by atoms with E-state index in [9.17, 15) is 9.59 Å². The molecule has 6 heteroatoms. The van der Waals surface area contributed by atoms with E-state index in [2.05, 4.69) is 39.4 Å². The second-order valence-electron chi connectivity index (χ2n) is 6.63. The van der Waals surface area contributed by atoms with Gasteiger partial charge in [-0.1, -0.05) is 18.2 Å². The molecule has 0 radical (unpaired) electrons. The molecule has 3 rings (SSSR count). The summed E-state index contributed by atoms with van der Waals surface area (Å²) in [6, 6.07) is 10.5. The maximum absolute atomic E-state index is 12.1. The Morgan fingerprint density at radius 2 is 1.88 bits per heavy atom. The van der Waals surface area contributed by atoms with Crippen LogP contribution in [0, 0.1) is 5.92 Å². The van der Waals surface area contributed by atoms with Crippen LogP contribution in [0.15, 0.2) is 30.3 Å². The SMILES string of the molecule is CN1C[C@H](C(=O)NCCN2CCN(c3ccccc3)CC2)CC1=O. The van der Waals surface area contributed by atoms with Gasteiger partial charge in [0.2, 0.25) is 11.8 Å². The second kappa shape index (κ2) is 7.66. The van der Waals surface area contributed by atoms with Crippen LogP contribution in [0.1, 0.15) is 6.42 Å². The van der Waals surface area contributed by atoms with Crippen molar-refractivity contribution in [2.45, 2.75) is 6.42 Å². The molecule has 1 aromatic rings. The van der Waals surface area contributed by atoms with E-state index < -0.39 is 0 Å². The quantitative estimate of drug-likeness (QED) is 0.849. The average Bonchev–Trinajstić information content (AvgIpc) is 2.95. The topological polar surface area (TPSA) is 55.9 Å². The Morgan fingerprint density at radius 1 is 1.17 bits per heavy atom. The Labute approximate surface area is 143 Å². The summed E-state index contributed by atoms with van der Waals surface area (Å²) < 4.78 is 0. The van der Waals surface area contributed by atoms with Crippen molar-refractivity contribution in [1.82, 2.24) is 15.1 Å². The van der Waals surface area contributed by atoms with Crippen molar-refractivity contribution in [2.24, 2.45) is 5.92 Å². The van der Waals surface area contributed by atoms with Gasteiger partial charge in [-0.3, -0.25) is 14.5 Å². The van der Waals surface area contributed by atoms with Crippen molar-refractivity contribution in [3.63, 3.8) is 0 Å². The number of piperazine rings is 1. The van der Waals surface area contributed by atoms with E-state index in [1.807, 2.05) is 6.07 Å². The summed E-state index contributed by atoms with van der Waals surface area (Å²) in [4.78, 5) is 30.0. The number of amides is 2. The number of benzene rings is 1. The summed E-state index contributed by atoms with van der Waals surface area (Å²) in [5, 5.41) is 2.98. The Bertz CT molecular complexity index is 570. The summed E-state index contributed by atoms with van der Waals surface area (Å²) in [6.07, 6.45) is 0.345. The smallest absolute Gasteiger partial charge is 0.225 e. The molecule has 2 heterocycles. The molecule has 2 amide bonds. The van der Waals surface area contributed by atoms with Crippen LogP contribution in [0.25, 0.3) is 0 Å². The maximum atomic E-state index is 12.1. The Morgan fingerprint density at radius 3 is 2.50 bits per heavy atom.